The number of hydrogen-bond acceptors (Lipinski definition) is 5. The Hall–Kier alpha value is -2.01. The lowest BCUT2D eigenvalue weighted by Gasteiger charge is -2.11. The van der Waals surface area contributed by atoms with Crippen LogP contribution in [-0.4, -0.2) is 30.1 Å². The van der Waals surface area contributed by atoms with Crippen LogP contribution in [0, 0.1) is 0 Å². The molecule has 0 saturated carbocycles. The van der Waals surface area contributed by atoms with Crippen molar-refractivity contribution in [2.24, 2.45) is 0 Å². The largest absolute Gasteiger partial charge is 0.432 e. The number of pyridine rings is 1. The molecule has 0 aliphatic carbocycles. The van der Waals surface area contributed by atoms with Crippen molar-refractivity contribution in [3.05, 3.63) is 35.7 Å². The van der Waals surface area contributed by atoms with E-state index in [9.17, 15) is 9.59 Å². The lowest BCUT2D eigenvalue weighted by molar-refractivity contribution is -0.165. The summed E-state index contributed by atoms with van der Waals surface area (Å²) < 4.78 is 9.72. The normalized spacial score (nSPS) is 12.9. The molecule has 0 aliphatic heterocycles. The Labute approximate surface area is 105 Å². The van der Waals surface area contributed by atoms with E-state index in [1.165, 1.54) is 20.1 Å². The van der Waals surface area contributed by atoms with Crippen molar-refractivity contribution in [2.45, 2.75) is 20.1 Å². The third-order valence-electron chi connectivity index (χ3n) is 2.18. The monoisotopic (exact) mass is 249 g/mol. The van der Waals surface area contributed by atoms with E-state index in [-0.39, 0.29) is 11.4 Å². The van der Waals surface area contributed by atoms with E-state index < -0.39 is 12.3 Å². The summed E-state index contributed by atoms with van der Waals surface area (Å²) in [5.74, 6) is -1.10. The Kier molecular flexibility index (Phi) is 5.20. The van der Waals surface area contributed by atoms with Gasteiger partial charge in [-0.25, -0.2) is 4.79 Å². The van der Waals surface area contributed by atoms with E-state index in [2.05, 4.69) is 4.98 Å². The Bertz CT molecular complexity index is 453. The molecule has 1 aromatic rings. The summed E-state index contributed by atoms with van der Waals surface area (Å²) in [7, 11) is 1.41. The third kappa shape index (κ3) is 4.10. The second-order valence-electron chi connectivity index (χ2n) is 3.58. The van der Waals surface area contributed by atoms with Crippen LogP contribution in [0.5, 0.6) is 0 Å². The lowest BCUT2D eigenvalue weighted by atomic mass is 10.1. The van der Waals surface area contributed by atoms with Crippen LogP contribution in [0.2, 0.25) is 0 Å². The zero-order chi connectivity index (χ0) is 13.5. The highest BCUT2D eigenvalue weighted by atomic mass is 16.7. The summed E-state index contributed by atoms with van der Waals surface area (Å²) >= 11 is 0. The molecule has 0 saturated heterocycles. The highest BCUT2D eigenvalue weighted by Crippen LogP contribution is 2.08. The molecule has 5 heteroatoms. The first-order valence-electron chi connectivity index (χ1n) is 5.42. The molecule has 0 N–H and O–H groups in total. The topological polar surface area (TPSA) is 65.5 Å². The molecule has 0 aliphatic rings. The van der Waals surface area contributed by atoms with Gasteiger partial charge in [0, 0.05) is 13.3 Å². The summed E-state index contributed by atoms with van der Waals surface area (Å²) in [6, 6.07) is 5.20. The number of ketones is 1. The van der Waals surface area contributed by atoms with Crippen molar-refractivity contribution in [3.8, 4) is 0 Å². The van der Waals surface area contributed by atoms with Gasteiger partial charge in [0.05, 0.1) is 5.69 Å². The van der Waals surface area contributed by atoms with Gasteiger partial charge in [0.2, 0.25) is 0 Å². The molecule has 0 aromatic carbocycles. The predicted molar refractivity (Wildman–Crippen MR) is 65.5 cm³/mol. The molecule has 0 radical (unpaired) electrons. The summed E-state index contributed by atoms with van der Waals surface area (Å²) in [5, 5.41) is 0. The molecule has 1 unspecified atom stereocenters. The Morgan fingerprint density at radius 3 is 2.61 bits per heavy atom. The highest BCUT2D eigenvalue weighted by Gasteiger charge is 2.18. The molecular formula is C13H15NO4. The van der Waals surface area contributed by atoms with Crippen LogP contribution in [0.15, 0.2) is 30.0 Å². The second-order valence-corrected chi connectivity index (χ2v) is 3.58. The average Bonchev–Trinajstić information content (AvgIpc) is 2.36. The first-order valence-corrected chi connectivity index (χ1v) is 5.42. The van der Waals surface area contributed by atoms with Crippen molar-refractivity contribution in [1.82, 2.24) is 4.98 Å². The van der Waals surface area contributed by atoms with E-state index in [0.717, 1.165) is 0 Å². The number of carbonyl (C=O) groups is 2. The second kappa shape index (κ2) is 6.66. The molecule has 1 atom stereocenters. The molecule has 1 rings (SSSR count). The van der Waals surface area contributed by atoms with E-state index in [1.807, 2.05) is 0 Å². The number of Topliss-reactive ketones (excluding diaryl/α,β-unsaturated/α-hetero) is 1. The summed E-state index contributed by atoms with van der Waals surface area (Å²) in [6.45, 7) is 2.87. The third-order valence-corrected chi connectivity index (χ3v) is 2.18. The van der Waals surface area contributed by atoms with Crippen molar-refractivity contribution in [3.63, 3.8) is 0 Å². The minimum atomic E-state index is -0.720. The Morgan fingerprint density at radius 2 is 2.11 bits per heavy atom. The summed E-state index contributed by atoms with van der Waals surface area (Å²) in [4.78, 5) is 27.2. The van der Waals surface area contributed by atoms with Gasteiger partial charge in [-0.1, -0.05) is 6.07 Å². The van der Waals surface area contributed by atoms with Crippen LogP contribution in [0.3, 0.4) is 0 Å². The fourth-order valence-electron chi connectivity index (χ4n) is 1.18. The Balaban J connectivity index is 2.93. The molecule has 1 aromatic heterocycles. The van der Waals surface area contributed by atoms with Gasteiger partial charge in [-0.15, -0.1) is 0 Å². The summed E-state index contributed by atoms with van der Waals surface area (Å²) in [6.07, 6.45) is 2.27. The van der Waals surface area contributed by atoms with Gasteiger partial charge in [0.25, 0.3) is 0 Å². The first-order chi connectivity index (χ1) is 8.54. The summed E-state index contributed by atoms with van der Waals surface area (Å²) in [5.41, 5.74) is 0.460. The molecular weight excluding hydrogens is 234 g/mol. The van der Waals surface area contributed by atoms with Crippen molar-refractivity contribution >= 4 is 17.8 Å². The quantitative estimate of drug-likeness (QED) is 0.261. The fourth-order valence-corrected chi connectivity index (χ4v) is 1.18. The van der Waals surface area contributed by atoms with Gasteiger partial charge < -0.3 is 9.47 Å². The number of aromatic nitrogens is 1. The molecule has 5 nitrogen and oxygen atoms in total. The zero-order valence-electron chi connectivity index (χ0n) is 10.5. The maximum absolute atomic E-state index is 11.7. The number of nitrogens with zero attached hydrogens (tertiary/aromatic N) is 1. The first kappa shape index (κ1) is 14.1. The van der Waals surface area contributed by atoms with Crippen LogP contribution >= 0.6 is 0 Å². The van der Waals surface area contributed by atoms with E-state index in [4.69, 9.17) is 9.47 Å². The van der Waals surface area contributed by atoms with E-state index in [1.54, 1.807) is 31.3 Å². The number of methoxy groups -OCH3 is 1. The maximum atomic E-state index is 11.7. The average molecular weight is 249 g/mol. The molecule has 0 fully saturated rings. The van der Waals surface area contributed by atoms with Crippen molar-refractivity contribution < 1.29 is 19.1 Å². The predicted octanol–water partition coefficient (Wildman–Crippen LogP) is 1.59. The van der Waals surface area contributed by atoms with Crippen molar-refractivity contribution in [1.29, 1.82) is 0 Å². The van der Waals surface area contributed by atoms with E-state index >= 15 is 0 Å². The standard InChI is InChI=1S/C13H15NO4/c1-9(15)12(13(16)18-10(2)17-3)8-11-6-4-5-7-14-11/h4-8,10H,1-3H3. The minimum Gasteiger partial charge on any atom is -0.432 e. The molecule has 18 heavy (non-hydrogen) atoms. The molecule has 1 heterocycles. The molecule has 0 spiro atoms. The van der Waals surface area contributed by atoms with Gasteiger partial charge in [-0.2, -0.15) is 0 Å². The number of esters is 1. The number of hydrogen-bond donors (Lipinski definition) is 0. The van der Waals surface area contributed by atoms with Gasteiger partial charge in [-0.05, 0) is 32.1 Å². The smallest absolute Gasteiger partial charge is 0.344 e. The number of carbonyl (C=O) groups excluding carboxylic acids is 2. The SMILES string of the molecule is COC(C)OC(=O)C(=Cc1ccccn1)C(C)=O. The van der Waals surface area contributed by atoms with Crippen LogP contribution < -0.4 is 0 Å². The van der Waals surface area contributed by atoms with Crippen LogP contribution in [0.1, 0.15) is 19.5 Å². The minimum absolute atomic E-state index is 0.0578. The van der Waals surface area contributed by atoms with Crippen molar-refractivity contribution in [2.75, 3.05) is 7.11 Å². The zero-order valence-corrected chi connectivity index (χ0v) is 10.5. The Morgan fingerprint density at radius 1 is 1.39 bits per heavy atom. The molecule has 96 valence electrons. The van der Waals surface area contributed by atoms with Gasteiger partial charge in [0.1, 0.15) is 5.57 Å². The lowest BCUT2D eigenvalue weighted by Crippen LogP contribution is -2.20. The molecule has 0 amide bonds. The number of rotatable bonds is 5. The fraction of sp³-hybridized carbons (Fsp3) is 0.308. The highest BCUT2D eigenvalue weighted by molar-refractivity contribution is 6.19. The maximum Gasteiger partial charge on any atom is 0.344 e. The van der Waals surface area contributed by atoms with E-state index in [0.29, 0.717) is 5.69 Å². The van der Waals surface area contributed by atoms with Gasteiger partial charge in [-0.3, -0.25) is 9.78 Å². The van der Waals surface area contributed by atoms with Gasteiger partial charge in [0.15, 0.2) is 12.1 Å². The van der Waals surface area contributed by atoms with Gasteiger partial charge >= 0.3 is 5.97 Å². The van der Waals surface area contributed by atoms with Crippen LogP contribution in [0.4, 0.5) is 0 Å². The number of ether oxygens (including phenoxy) is 2. The van der Waals surface area contributed by atoms with Crippen LogP contribution in [-0.2, 0) is 19.1 Å². The van der Waals surface area contributed by atoms with Crippen LogP contribution in [0.25, 0.3) is 6.08 Å². The molecule has 0 bridgehead atoms.